The van der Waals surface area contributed by atoms with Gasteiger partial charge in [0.1, 0.15) is 17.4 Å². The monoisotopic (exact) mass is 417 g/mol. The van der Waals surface area contributed by atoms with E-state index in [2.05, 4.69) is 16.9 Å². The molecule has 0 aliphatic carbocycles. The van der Waals surface area contributed by atoms with Crippen molar-refractivity contribution in [3.8, 4) is 6.07 Å². The number of carbonyl (C=O) groups is 1. The first-order valence-corrected chi connectivity index (χ1v) is 9.77. The van der Waals surface area contributed by atoms with Gasteiger partial charge in [-0.15, -0.1) is 0 Å². The molecule has 1 aromatic carbocycles. The SMILES string of the molecule is C=CC(=O)N1CC(Nc2c(C#N)c(=O)n(Cc3ccc(F)cc3)c3cc(C)ncc23)C1. The molecule has 0 unspecified atom stereocenters. The number of rotatable bonds is 5. The van der Waals surface area contributed by atoms with E-state index >= 15 is 0 Å². The molecule has 31 heavy (non-hydrogen) atoms. The van der Waals surface area contributed by atoms with Gasteiger partial charge < -0.3 is 14.8 Å². The topological polar surface area (TPSA) is 91.0 Å². The fourth-order valence-electron chi connectivity index (χ4n) is 3.71. The summed E-state index contributed by atoms with van der Waals surface area (Å²) in [7, 11) is 0. The number of hydrogen-bond acceptors (Lipinski definition) is 5. The molecule has 156 valence electrons. The normalized spacial score (nSPS) is 13.5. The van der Waals surface area contributed by atoms with Crippen molar-refractivity contribution in [2.75, 3.05) is 18.4 Å². The lowest BCUT2D eigenvalue weighted by Gasteiger charge is -2.39. The van der Waals surface area contributed by atoms with Gasteiger partial charge in [-0.05, 0) is 36.8 Å². The van der Waals surface area contributed by atoms with Gasteiger partial charge in [0.2, 0.25) is 5.91 Å². The molecule has 1 amide bonds. The molecule has 0 spiro atoms. The lowest BCUT2D eigenvalue weighted by atomic mass is 10.0. The van der Waals surface area contributed by atoms with Crippen molar-refractivity contribution < 1.29 is 9.18 Å². The molecule has 0 saturated carbocycles. The molecule has 2 aromatic heterocycles. The Hall–Kier alpha value is -3.99. The van der Waals surface area contributed by atoms with E-state index in [0.717, 1.165) is 11.3 Å². The van der Waals surface area contributed by atoms with Crippen LogP contribution >= 0.6 is 0 Å². The Kier molecular flexibility index (Phi) is 5.26. The van der Waals surface area contributed by atoms with Crippen molar-refractivity contribution >= 4 is 22.5 Å². The van der Waals surface area contributed by atoms with Crippen molar-refractivity contribution in [1.29, 1.82) is 5.26 Å². The van der Waals surface area contributed by atoms with Gasteiger partial charge in [0, 0.05) is 30.4 Å². The summed E-state index contributed by atoms with van der Waals surface area (Å²) in [5.41, 5.74) is 2.05. The lowest BCUT2D eigenvalue weighted by Crippen LogP contribution is -2.56. The van der Waals surface area contributed by atoms with Crippen LogP contribution in [0.1, 0.15) is 16.8 Å². The number of aryl methyl sites for hydroxylation is 1. The first-order valence-electron chi connectivity index (χ1n) is 9.77. The predicted octanol–water partition coefficient (Wildman–Crippen LogP) is 2.57. The van der Waals surface area contributed by atoms with E-state index in [4.69, 9.17) is 0 Å². The standard InChI is InChI=1S/C23H20FN5O2/c1-3-21(30)28-12-17(13-28)27-22-18(9-25)23(31)29(11-15-4-6-16(24)7-5-15)20-8-14(2)26-10-19(20)22/h3-8,10,17,27H,1,11-13H2,2H3. The van der Waals surface area contributed by atoms with E-state index in [1.165, 1.54) is 22.8 Å². The average Bonchev–Trinajstić information content (AvgIpc) is 2.73. The minimum atomic E-state index is -0.439. The second-order valence-electron chi connectivity index (χ2n) is 7.51. The van der Waals surface area contributed by atoms with Crippen LogP contribution in [0.25, 0.3) is 10.9 Å². The maximum Gasteiger partial charge on any atom is 0.271 e. The molecular formula is C23H20FN5O2. The summed E-state index contributed by atoms with van der Waals surface area (Å²) in [5.74, 6) is -0.516. The van der Waals surface area contributed by atoms with E-state index in [0.29, 0.717) is 29.7 Å². The van der Waals surface area contributed by atoms with Crippen molar-refractivity contribution in [2.45, 2.75) is 19.5 Å². The van der Waals surface area contributed by atoms with Gasteiger partial charge in [0.15, 0.2) is 0 Å². The van der Waals surface area contributed by atoms with Crippen LogP contribution in [0.5, 0.6) is 0 Å². The Morgan fingerprint density at radius 2 is 2.10 bits per heavy atom. The number of anilines is 1. The van der Waals surface area contributed by atoms with Crippen LogP contribution in [-0.4, -0.2) is 39.5 Å². The van der Waals surface area contributed by atoms with Crippen LogP contribution in [0.3, 0.4) is 0 Å². The summed E-state index contributed by atoms with van der Waals surface area (Å²) in [4.78, 5) is 30.9. The van der Waals surface area contributed by atoms with Crippen molar-refractivity contribution in [3.63, 3.8) is 0 Å². The van der Waals surface area contributed by atoms with E-state index < -0.39 is 5.56 Å². The lowest BCUT2D eigenvalue weighted by molar-refractivity contribution is -0.129. The summed E-state index contributed by atoms with van der Waals surface area (Å²) >= 11 is 0. The zero-order chi connectivity index (χ0) is 22.1. The van der Waals surface area contributed by atoms with Crippen molar-refractivity contribution in [1.82, 2.24) is 14.5 Å². The summed E-state index contributed by atoms with van der Waals surface area (Å²) < 4.78 is 14.8. The molecule has 0 bridgehead atoms. The van der Waals surface area contributed by atoms with Crippen LogP contribution < -0.4 is 10.9 Å². The predicted molar refractivity (Wildman–Crippen MR) is 115 cm³/mol. The largest absolute Gasteiger partial charge is 0.377 e. The molecule has 7 nitrogen and oxygen atoms in total. The molecule has 1 aliphatic rings. The Labute approximate surface area is 178 Å². The van der Waals surface area contributed by atoms with E-state index in [1.54, 1.807) is 29.3 Å². The second-order valence-corrected chi connectivity index (χ2v) is 7.51. The van der Waals surface area contributed by atoms with Crippen LogP contribution in [0.15, 0.2) is 54.0 Å². The van der Waals surface area contributed by atoms with Crippen LogP contribution in [-0.2, 0) is 11.3 Å². The maximum absolute atomic E-state index is 13.3. The molecular weight excluding hydrogens is 397 g/mol. The quantitative estimate of drug-likeness (QED) is 0.645. The van der Waals surface area contributed by atoms with Gasteiger partial charge in [-0.25, -0.2) is 4.39 Å². The summed E-state index contributed by atoms with van der Waals surface area (Å²) in [6.07, 6.45) is 2.90. The van der Waals surface area contributed by atoms with Gasteiger partial charge in [0.05, 0.1) is 23.8 Å². The molecule has 3 aromatic rings. The number of halogens is 1. The van der Waals surface area contributed by atoms with Crippen LogP contribution in [0.2, 0.25) is 0 Å². The third kappa shape index (κ3) is 3.78. The molecule has 1 N–H and O–H groups in total. The fourth-order valence-corrected chi connectivity index (χ4v) is 3.71. The van der Waals surface area contributed by atoms with E-state index in [-0.39, 0.29) is 29.9 Å². The van der Waals surface area contributed by atoms with Gasteiger partial charge in [-0.2, -0.15) is 5.26 Å². The number of nitrogens with one attached hydrogen (secondary N) is 1. The number of amides is 1. The molecule has 4 rings (SSSR count). The van der Waals surface area contributed by atoms with E-state index in [1.807, 2.05) is 13.0 Å². The minimum absolute atomic E-state index is 0.0197. The maximum atomic E-state index is 13.3. The second kappa shape index (κ2) is 8.03. The number of pyridine rings is 2. The smallest absolute Gasteiger partial charge is 0.271 e. The molecule has 8 heteroatoms. The Balaban J connectivity index is 1.78. The van der Waals surface area contributed by atoms with Gasteiger partial charge >= 0.3 is 0 Å². The van der Waals surface area contributed by atoms with E-state index in [9.17, 15) is 19.2 Å². The number of nitriles is 1. The Bertz CT molecular complexity index is 1280. The molecule has 3 heterocycles. The first kappa shape index (κ1) is 20.3. The average molecular weight is 417 g/mol. The van der Waals surface area contributed by atoms with Gasteiger partial charge in [0.25, 0.3) is 5.56 Å². The number of carbonyl (C=O) groups excluding carboxylic acids is 1. The number of fused-ring (bicyclic) bond motifs is 1. The van der Waals surface area contributed by atoms with Crippen LogP contribution in [0.4, 0.5) is 10.1 Å². The fraction of sp³-hybridized carbons (Fsp3) is 0.217. The highest BCUT2D eigenvalue weighted by Crippen LogP contribution is 2.28. The minimum Gasteiger partial charge on any atom is -0.377 e. The zero-order valence-corrected chi connectivity index (χ0v) is 16.9. The molecule has 0 radical (unpaired) electrons. The highest BCUT2D eigenvalue weighted by atomic mass is 19.1. The third-order valence-electron chi connectivity index (χ3n) is 5.37. The van der Waals surface area contributed by atoms with Crippen LogP contribution in [0, 0.1) is 24.1 Å². The highest BCUT2D eigenvalue weighted by molar-refractivity contribution is 5.94. The molecule has 1 saturated heterocycles. The number of aromatic nitrogens is 2. The van der Waals surface area contributed by atoms with Crippen molar-refractivity contribution in [3.05, 3.63) is 82.2 Å². The van der Waals surface area contributed by atoms with Gasteiger partial charge in [-0.1, -0.05) is 18.7 Å². The molecule has 0 atom stereocenters. The number of nitrogens with zero attached hydrogens (tertiary/aromatic N) is 4. The highest BCUT2D eigenvalue weighted by Gasteiger charge is 2.31. The zero-order valence-electron chi connectivity index (χ0n) is 16.9. The number of benzene rings is 1. The first-order chi connectivity index (χ1) is 14.9. The summed E-state index contributed by atoms with van der Waals surface area (Å²) in [5, 5.41) is 13.7. The van der Waals surface area contributed by atoms with Gasteiger partial charge in [-0.3, -0.25) is 14.6 Å². The third-order valence-corrected chi connectivity index (χ3v) is 5.37. The number of likely N-dealkylation sites (tertiary alicyclic amines) is 1. The van der Waals surface area contributed by atoms with Crippen molar-refractivity contribution in [2.24, 2.45) is 0 Å². The molecule has 1 aliphatic heterocycles. The summed E-state index contributed by atoms with van der Waals surface area (Å²) in [6, 6.07) is 9.62. The Morgan fingerprint density at radius 3 is 2.74 bits per heavy atom. The Morgan fingerprint density at radius 1 is 1.39 bits per heavy atom. The molecule has 1 fully saturated rings. The summed E-state index contributed by atoms with van der Waals surface area (Å²) in [6.45, 7) is 6.40. The number of hydrogen-bond donors (Lipinski definition) is 1.